The summed E-state index contributed by atoms with van der Waals surface area (Å²) in [5.74, 6) is 1.15. The summed E-state index contributed by atoms with van der Waals surface area (Å²) in [5.41, 5.74) is 9.11. The number of nitro groups is 1. The average molecular weight is 375 g/mol. The van der Waals surface area contributed by atoms with E-state index in [9.17, 15) is 10.1 Å². The maximum absolute atomic E-state index is 10.9. The molecule has 3 N–H and O–H groups in total. The summed E-state index contributed by atoms with van der Waals surface area (Å²) in [6.45, 7) is 0.547. The van der Waals surface area contributed by atoms with Gasteiger partial charge < -0.3 is 11.1 Å². The molecule has 0 aliphatic carbocycles. The SMILES string of the molecule is Nc1ccc2c(c1)ncn2-c1ccnc(NCCc2cccc([N+](=O)[O-])c2)n1. The molecule has 0 radical (unpaired) electrons. The maximum Gasteiger partial charge on any atom is 0.269 e. The summed E-state index contributed by atoms with van der Waals surface area (Å²) in [5, 5.41) is 14.0. The second kappa shape index (κ2) is 7.31. The van der Waals surface area contributed by atoms with Gasteiger partial charge in [0, 0.05) is 30.6 Å². The number of fused-ring (bicyclic) bond motifs is 1. The van der Waals surface area contributed by atoms with Crippen LogP contribution in [0.1, 0.15) is 5.56 Å². The van der Waals surface area contributed by atoms with Gasteiger partial charge in [0.25, 0.3) is 5.69 Å². The monoisotopic (exact) mass is 375 g/mol. The highest BCUT2D eigenvalue weighted by Gasteiger charge is 2.08. The zero-order valence-electron chi connectivity index (χ0n) is 14.8. The second-order valence-electron chi connectivity index (χ2n) is 6.20. The number of non-ortho nitro benzene ring substituents is 1. The van der Waals surface area contributed by atoms with Gasteiger partial charge in [0.1, 0.15) is 12.1 Å². The molecule has 0 amide bonds. The van der Waals surface area contributed by atoms with Crippen molar-refractivity contribution < 1.29 is 4.92 Å². The lowest BCUT2D eigenvalue weighted by atomic mass is 10.1. The van der Waals surface area contributed by atoms with Gasteiger partial charge in [0.15, 0.2) is 0 Å². The number of benzene rings is 2. The van der Waals surface area contributed by atoms with E-state index in [0.717, 1.165) is 16.6 Å². The van der Waals surface area contributed by atoms with Crippen LogP contribution in [-0.2, 0) is 6.42 Å². The molecule has 0 fully saturated rings. The van der Waals surface area contributed by atoms with Crippen LogP contribution >= 0.6 is 0 Å². The maximum atomic E-state index is 10.9. The van der Waals surface area contributed by atoms with Crippen molar-refractivity contribution in [3.63, 3.8) is 0 Å². The molecule has 0 unspecified atom stereocenters. The van der Waals surface area contributed by atoms with E-state index in [-0.39, 0.29) is 5.69 Å². The molecule has 0 aliphatic heterocycles. The Kier molecular flexibility index (Phi) is 4.55. The van der Waals surface area contributed by atoms with Gasteiger partial charge in [-0.15, -0.1) is 0 Å². The van der Waals surface area contributed by atoms with Gasteiger partial charge in [-0.05, 0) is 36.2 Å². The van der Waals surface area contributed by atoms with Crippen molar-refractivity contribution in [3.8, 4) is 5.82 Å². The van der Waals surface area contributed by atoms with Crippen molar-refractivity contribution in [2.24, 2.45) is 0 Å². The zero-order valence-corrected chi connectivity index (χ0v) is 14.8. The number of nitrogens with one attached hydrogen (secondary N) is 1. The lowest BCUT2D eigenvalue weighted by Crippen LogP contribution is -2.09. The molecular weight excluding hydrogens is 358 g/mol. The van der Waals surface area contributed by atoms with E-state index in [1.165, 1.54) is 6.07 Å². The normalized spacial score (nSPS) is 10.9. The highest BCUT2D eigenvalue weighted by Crippen LogP contribution is 2.19. The molecule has 140 valence electrons. The fourth-order valence-corrected chi connectivity index (χ4v) is 2.92. The van der Waals surface area contributed by atoms with Gasteiger partial charge in [0.05, 0.1) is 16.0 Å². The zero-order chi connectivity index (χ0) is 19.5. The van der Waals surface area contributed by atoms with Crippen molar-refractivity contribution in [3.05, 3.63) is 76.7 Å². The molecule has 2 aromatic carbocycles. The standard InChI is InChI=1S/C19H17N7O2/c20-14-4-5-17-16(11-14)23-12-25(17)18-7-9-22-19(24-18)21-8-6-13-2-1-3-15(10-13)26(27)28/h1-5,7,9-12H,6,8,20H2,(H,21,22,24). The molecule has 0 atom stereocenters. The van der Waals surface area contributed by atoms with Gasteiger partial charge in [-0.1, -0.05) is 12.1 Å². The molecule has 0 spiro atoms. The Hall–Kier alpha value is -4.01. The van der Waals surface area contributed by atoms with Crippen LogP contribution < -0.4 is 11.1 Å². The van der Waals surface area contributed by atoms with E-state index in [0.29, 0.717) is 30.4 Å². The van der Waals surface area contributed by atoms with Crippen LogP contribution in [0.4, 0.5) is 17.3 Å². The summed E-state index contributed by atoms with van der Waals surface area (Å²) in [7, 11) is 0. The van der Waals surface area contributed by atoms with E-state index in [1.54, 1.807) is 30.7 Å². The number of nitrogens with two attached hydrogens (primary N) is 1. The molecule has 9 nitrogen and oxygen atoms in total. The molecule has 0 saturated carbocycles. The van der Waals surface area contributed by atoms with Crippen LogP contribution in [-0.4, -0.2) is 31.0 Å². The number of aromatic nitrogens is 4. The molecule has 9 heteroatoms. The molecule has 2 aromatic heterocycles. The van der Waals surface area contributed by atoms with Gasteiger partial charge in [-0.2, -0.15) is 4.98 Å². The minimum absolute atomic E-state index is 0.0865. The van der Waals surface area contributed by atoms with Crippen molar-refractivity contribution in [1.82, 2.24) is 19.5 Å². The molecule has 0 saturated heterocycles. The summed E-state index contributed by atoms with van der Waals surface area (Å²) >= 11 is 0. The van der Waals surface area contributed by atoms with Crippen molar-refractivity contribution in [2.75, 3.05) is 17.6 Å². The van der Waals surface area contributed by atoms with Gasteiger partial charge in [-0.25, -0.2) is 9.97 Å². The summed E-state index contributed by atoms with van der Waals surface area (Å²) < 4.78 is 1.86. The molecule has 28 heavy (non-hydrogen) atoms. The van der Waals surface area contributed by atoms with Crippen LogP contribution in [0, 0.1) is 10.1 Å². The Balaban J connectivity index is 1.48. The highest BCUT2D eigenvalue weighted by molar-refractivity contribution is 5.80. The first kappa shape index (κ1) is 17.4. The van der Waals surface area contributed by atoms with Crippen LogP contribution in [0.2, 0.25) is 0 Å². The number of hydrogen-bond acceptors (Lipinski definition) is 7. The number of hydrogen-bond donors (Lipinski definition) is 2. The van der Waals surface area contributed by atoms with Crippen LogP contribution in [0.25, 0.3) is 16.9 Å². The topological polar surface area (TPSA) is 125 Å². The van der Waals surface area contributed by atoms with Gasteiger partial charge >= 0.3 is 0 Å². The minimum Gasteiger partial charge on any atom is -0.399 e. The Labute approximate surface area is 160 Å². The predicted octanol–water partition coefficient (Wildman–Crippen LogP) is 2.96. The van der Waals surface area contributed by atoms with E-state index < -0.39 is 4.92 Å². The first-order chi connectivity index (χ1) is 13.6. The molecule has 4 aromatic rings. The fourth-order valence-electron chi connectivity index (χ4n) is 2.92. The number of nitrogens with zero attached hydrogens (tertiary/aromatic N) is 5. The van der Waals surface area contributed by atoms with Gasteiger partial charge in [0.2, 0.25) is 5.95 Å². The van der Waals surface area contributed by atoms with Gasteiger partial charge in [-0.3, -0.25) is 14.7 Å². The third-order valence-electron chi connectivity index (χ3n) is 4.28. The summed E-state index contributed by atoms with van der Waals surface area (Å²) in [6.07, 6.45) is 3.98. The smallest absolute Gasteiger partial charge is 0.269 e. The molecule has 0 bridgehead atoms. The first-order valence-electron chi connectivity index (χ1n) is 8.63. The predicted molar refractivity (Wildman–Crippen MR) is 106 cm³/mol. The first-order valence-corrected chi connectivity index (χ1v) is 8.63. The summed E-state index contributed by atoms with van der Waals surface area (Å²) in [6, 6.07) is 13.9. The second-order valence-corrected chi connectivity index (χ2v) is 6.20. The number of nitrogen functional groups attached to an aromatic ring is 1. The highest BCUT2D eigenvalue weighted by atomic mass is 16.6. The van der Waals surface area contributed by atoms with Crippen LogP contribution in [0.3, 0.4) is 0 Å². The fraction of sp³-hybridized carbons (Fsp3) is 0.105. The van der Waals surface area contributed by atoms with E-state index in [4.69, 9.17) is 5.73 Å². The van der Waals surface area contributed by atoms with Crippen molar-refractivity contribution in [2.45, 2.75) is 6.42 Å². The van der Waals surface area contributed by atoms with Crippen LogP contribution in [0.5, 0.6) is 0 Å². The largest absolute Gasteiger partial charge is 0.399 e. The number of anilines is 2. The van der Waals surface area contributed by atoms with E-state index in [2.05, 4.69) is 20.3 Å². The third-order valence-corrected chi connectivity index (χ3v) is 4.28. The molecule has 4 rings (SSSR count). The van der Waals surface area contributed by atoms with Crippen molar-refractivity contribution >= 4 is 28.4 Å². The third kappa shape index (κ3) is 3.58. The Morgan fingerprint density at radius 2 is 2.04 bits per heavy atom. The number of imidazole rings is 1. The number of nitro benzene ring substituents is 1. The summed E-state index contributed by atoms with van der Waals surface area (Å²) in [4.78, 5) is 23.6. The van der Waals surface area contributed by atoms with Crippen molar-refractivity contribution in [1.29, 1.82) is 0 Å². The lowest BCUT2D eigenvalue weighted by Gasteiger charge is -2.08. The molecule has 0 aliphatic rings. The molecule has 2 heterocycles. The van der Waals surface area contributed by atoms with E-state index in [1.807, 2.05) is 28.8 Å². The lowest BCUT2D eigenvalue weighted by molar-refractivity contribution is -0.384. The number of rotatable bonds is 6. The molecular formula is C19H17N7O2. The quantitative estimate of drug-likeness (QED) is 0.301. The minimum atomic E-state index is -0.396. The average Bonchev–Trinajstić information content (AvgIpc) is 3.11. The Bertz CT molecular complexity index is 1160. The Morgan fingerprint density at radius 3 is 2.89 bits per heavy atom. The van der Waals surface area contributed by atoms with Crippen LogP contribution in [0.15, 0.2) is 61.1 Å². The van der Waals surface area contributed by atoms with E-state index >= 15 is 0 Å². The Morgan fingerprint density at radius 1 is 1.14 bits per heavy atom.